The standard InChI is InChI=1S/C18H19NO3/c1-12-16-11-15(22-10-2-9-20)7-8-17(16)19-18(12)13-3-5-14(21)6-4-13/h3-8,11,19-21H,2,9-10H2,1H3. The van der Waals surface area contributed by atoms with Crippen molar-refractivity contribution in [1.82, 2.24) is 4.98 Å². The van der Waals surface area contributed by atoms with Gasteiger partial charge in [-0.25, -0.2) is 0 Å². The van der Waals surface area contributed by atoms with Gasteiger partial charge in [-0.1, -0.05) is 0 Å². The van der Waals surface area contributed by atoms with Crippen molar-refractivity contribution >= 4 is 10.9 Å². The van der Waals surface area contributed by atoms with E-state index >= 15 is 0 Å². The highest BCUT2D eigenvalue weighted by Crippen LogP contribution is 2.32. The lowest BCUT2D eigenvalue weighted by molar-refractivity contribution is 0.234. The maximum absolute atomic E-state index is 9.41. The second-order valence-electron chi connectivity index (χ2n) is 5.30. The van der Waals surface area contributed by atoms with Gasteiger partial charge in [0, 0.05) is 29.6 Å². The number of aromatic hydroxyl groups is 1. The van der Waals surface area contributed by atoms with Crippen molar-refractivity contribution in [2.45, 2.75) is 13.3 Å². The van der Waals surface area contributed by atoms with E-state index in [0.717, 1.165) is 33.5 Å². The third kappa shape index (κ3) is 2.78. The maximum Gasteiger partial charge on any atom is 0.120 e. The van der Waals surface area contributed by atoms with Crippen molar-refractivity contribution in [2.24, 2.45) is 0 Å². The summed E-state index contributed by atoms with van der Waals surface area (Å²) in [6, 6.07) is 13.1. The van der Waals surface area contributed by atoms with Gasteiger partial charge in [-0.3, -0.25) is 0 Å². The molecule has 0 unspecified atom stereocenters. The molecule has 0 aliphatic carbocycles. The third-order valence-electron chi connectivity index (χ3n) is 3.76. The summed E-state index contributed by atoms with van der Waals surface area (Å²) in [5.74, 6) is 1.07. The number of nitrogens with one attached hydrogen (secondary N) is 1. The van der Waals surface area contributed by atoms with Crippen molar-refractivity contribution in [3.05, 3.63) is 48.0 Å². The van der Waals surface area contributed by atoms with Gasteiger partial charge < -0.3 is 19.9 Å². The van der Waals surface area contributed by atoms with E-state index in [0.29, 0.717) is 13.0 Å². The number of H-pyrrole nitrogens is 1. The Bertz CT molecular complexity index is 775. The molecule has 1 aromatic heterocycles. The zero-order chi connectivity index (χ0) is 15.5. The average molecular weight is 297 g/mol. The quantitative estimate of drug-likeness (QED) is 0.630. The minimum Gasteiger partial charge on any atom is -0.508 e. The predicted molar refractivity (Wildman–Crippen MR) is 87.3 cm³/mol. The Morgan fingerprint density at radius 2 is 1.86 bits per heavy atom. The highest BCUT2D eigenvalue weighted by atomic mass is 16.5. The van der Waals surface area contributed by atoms with Crippen molar-refractivity contribution in [1.29, 1.82) is 0 Å². The summed E-state index contributed by atoms with van der Waals surface area (Å²) in [6.07, 6.45) is 0.628. The number of rotatable bonds is 5. The number of phenolic OH excluding ortho intramolecular Hbond substituents is 1. The minimum atomic E-state index is 0.135. The zero-order valence-electron chi connectivity index (χ0n) is 12.5. The van der Waals surface area contributed by atoms with Gasteiger partial charge in [0.05, 0.1) is 6.61 Å². The van der Waals surface area contributed by atoms with Gasteiger partial charge in [-0.05, 0) is 60.5 Å². The lowest BCUT2D eigenvalue weighted by Gasteiger charge is -2.05. The van der Waals surface area contributed by atoms with Crippen LogP contribution in [0, 0.1) is 6.92 Å². The van der Waals surface area contributed by atoms with Gasteiger partial charge in [-0.15, -0.1) is 0 Å². The van der Waals surface area contributed by atoms with Crippen LogP contribution in [0.5, 0.6) is 11.5 Å². The normalized spacial score (nSPS) is 11.0. The maximum atomic E-state index is 9.41. The van der Waals surface area contributed by atoms with Crippen LogP contribution in [0.2, 0.25) is 0 Å². The van der Waals surface area contributed by atoms with Crippen LogP contribution in [0.15, 0.2) is 42.5 Å². The molecule has 0 saturated carbocycles. The summed E-state index contributed by atoms with van der Waals surface area (Å²) < 4.78 is 5.63. The molecule has 0 saturated heterocycles. The number of aliphatic hydroxyl groups excluding tert-OH is 1. The van der Waals surface area contributed by atoms with Crippen LogP contribution in [0.4, 0.5) is 0 Å². The Morgan fingerprint density at radius 3 is 2.59 bits per heavy atom. The summed E-state index contributed by atoms with van der Waals surface area (Å²) in [4.78, 5) is 3.42. The van der Waals surface area contributed by atoms with Gasteiger partial charge in [0.15, 0.2) is 0 Å². The first-order chi connectivity index (χ1) is 10.7. The van der Waals surface area contributed by atoms with Crippen LogP contribution in [0.3, 0.4) is 0 Å². The lowest BCUT2D eigenvalue weighted by atomic mass is 10.1. The Hall–Kier alpha value is -2.46. The molecule has 0 radical (unpaired) electrons. The summed E-state index contributed by atoms with van der Waals surface area (Å²) >= 11 is 0. The molecule has 0 amide bonds. The Kier molecular flexibility index (Phi) is 4.02. The van der Waals surface area contributed by atoms with Crippen molar-refractivity contribution in [3.8, 4) is 22.8 Å². The minimum absolute atomic E-state index is 0.135. The SMILES string of the molecule is Cc1c(-c2ccc(O)cc2)[nH]c2ccc(OCCCO)cc12. The van der Waals surface area contributed by atoms with Crippen LogP contribution in [-0.2, 0) is 0 Å². The number of phenols is 1. The zero-order valence-corrected chi connectivity index (χ0v) is 12.5. The van der Waals surface area contributed by atoms with Crippen LogP contribution in [0.25, 0.3) is 22.2 Å². The first kappa shape index (κ1) is 14.5. The fourth-order valence-electron chi connectivity index (χ4n) is 2.57. The molecule has 2 aromatic carbocycles. The molecule has 4 nitrogen and oxygen atoms in total. The lowest BCUT2D eigenvalue weighted by Crippen LogP contribution is -1.99. The molecule has 0 bridgehead atoms. The Balaban J connectivity index is 1.96. The molecule has 4 heteroatoms. The van der Waals surface area contributed by atoms with E-state index in [9.17, 15) is 5.11 Å². The molecule has 22 heavy (non-hydrogen) atoms. The van der Waals surface area contributed by atoms with E-state index in [1.165, 1.54) is 0 Å². The number of aromatic amines is 1. The molecule has 0 spiro atoms. The second kappa shape index (κ2) is 6.12. The van der Waals surface area contributed by atoms with Crippen molar-refractivity contribution in [2.75, 3.05) is 13.2 Å². The van der Waals surface area contributed by atoms with E-state index in [2.05, 4.69) is 11.9 Å². The number of hydrogen-bond donors (Lipinski definition) is 3. The Labute approximate surface area is 129 Å². The highest BCUT2D eigenvalue weighted by Gasteiger charge is 2.10. The van der Waals surface area contributed by atoms with Crippen LogP contribution < -0.4 is 4.74 Å². The van der Waals surface area contributed by atoms with E-state index < -0.39 is 0 Å². The molecular weight excluding hydrogens is 278 g/mol. The Morgan fingerprint density at radius 1 is 1.09 bits per heavy atom. The molecule has 3 N–H and O–H groups in total. The molecule has 0 aliphatic heterocycles. The van der Waals surface area contributed by atoms with Crippen LogP contribution >= 0.6 is 0 Å². The number of aromatic nitrogens is 1. The first-order valence-corrected chi connectivity index (χ1v) is 7.34. The largest absolute Gasteiger partial charge is 0.508 e. The predicted octanol–water partition coefficient (Wildman–Crippen LogP) is 3.61. The van der Waals surface area contributed by atoms with Gasteiger partial charge in [0.1, 0.15) is 11.5 Å². The number of aliphatic hydroxyl groups is 1. The molecule has 3 rings (SSSR count). The van der Waals surface area contributed by atoms with Crippen LogP contribution in [-0.4, -0.2) is 28.4 Å². The van der Waals surface area contributed by atoms with Gasteiger partial charge in [0.25, 0.3) is 0 Å². The van der Waals surface area contributed by atoms with Crippen molar-refractivity contribution in [3.63, 3.8) is 0 Å². The third-order valence-corrected chi connectivity index (χ3v) is 3.76. The molecule has 0 atom stereocenters. The fourth-order valence-corrected chi connectivity index (χ4v) is 2.57. The van der Waals surface area contributed by atoms with Gasteiger partial charge >= 0.3 is 0 Å². The molecule has 0 aliphatic rings. The molecular formula is C18H19NO3. The first-order valence-electron chi connectivity index (χ1n) is 7.34. The van der Waals surface area contributed by atoms with E-state index in [4.69, 9.17) is 9.84 Å². The van der Waals surface area contributed by atoms with Gasteiger partial charge in [0.2, 0.25) is 0 Å². The summed E-state index contributed by atoms with van der Waals surface area (Å²) in [5.41, 5.74) is 4.28. The second-order valence-corrected chi connectivity index (χ2v) is 5.30. The summed E-state index contributed by atoms with van der Waals surface area (Å²) in [6.45, 7) is 2.71. The number of aryl methyl sites for hydroxylation is 1. The smallest absolute Gasteiger partial charge is 0.120 e. The fraction of sp³-hybridized carbons (Fsp3) is 0.222. The topological polar surface area (TPSA) is 65.5 Å². The van der Waals surface area contributed by atoms with E-state index in [1.807, 2.05) is 30.3 Å². The molecule has 0 fully saturated rings. The van der Waals surface area contributed by atoms with Crippen LogP contribution in [0.1, 0.15) is 12.0 Å². The number of hydrogen-bond acceptors (Lipinski definition) is 3. The van der Waals surface area contributed by atoms with Gasteiger partial charge in [-0.2, -0.15) is 0 Å². The average Bonchev–Trinajstić information content (AvgIpc) is 2.85. The number of ether oxygens (including phenoxy) is 1. The number of fused-ring (bicyclic) bond motifs is 1. The molecule has 114 valence electrons. The van der Waals surface area contributed by atoms with E-state index in [-0.39, 0.29) is 12.4 Å². The molecule has 1 heterocycles. The van der Waals surface area contributed by atoms with Crippen molar-refractivity contribution < 1.29 is 14.9 Å². The molecule has 3 aromatic rings. The number of benzene rings is 2. The van der Waals surface area contributed by atoms with E-state index in [1.54, 1.807) is 12.1 Å². The monoisotopic (exact) mass is 297 g/mol. The highest BCUT2D eigenvalue weighted by molar-refractivity contribution is 5.91. The summed E-state index contributed by atoms with van der Waals surface area (Å²) in [5, 5.41) is 19.3. The summed E-state index contributed by atoms with van der Waals surface area (Å²) in [7, 11) is 0.